The highest BCUT2D eigenvalue weighted by Crippen LogP contribution is 2.33. The van der Waals surface area contributed by atoms with Gasteiger partial charge in [0.2, 0.25) is 17.8 Å². The van der Waals surface area contributed by atoms with Crippen LogP contribution in [0.25, 0.3) is 11.0 Å². The van der Waals surface area contributed by atoms with E-state index in [4.69, 9.17) is 31.4 Å². The van der Waals surface area contributed by atoms with E-state index in [2.05, 4.69) is 26.3 Å². The third-order valence-corrected chi connectivity index (χ3v) is 6.77. The predicted octanol–water partition coefficient (Wildman–Crippen LogP) is 2.97. The Morgan fingerprint density at radius 1 is 0.938 bits per heavy atom. The standard InChI is InChI=1S/C33H47N9O6/c1-33(2,3)48-32(45)40-14-10-12-38-11-7-9-16-47-25-19-21(29(35)43)17-23(34)27(25)39-13-6-8-15-42-28-24(41-31(42)37-4)18-22(30(36)44)20-26(28)46-5/h6-9,17-20,38-39H,10-16,34H2,1-5H3,(H2,35,43)(H2,36,44)(H,37,41)(H,40,45)/b8-6+,9-7+. The van der Waals surface area contributed by atoms with Crippen molar-refractivity contribution < 1.29 is 28.6 Å². The summed E-state index contributed by atoms with van der Waals surface area (Å²) >= 11 is 0. The van der Waals surface area contributed by atoms with Gasteiger partial charge in [0.1, 0.15) is 34.9 Å². The molecule has 1 aromatic heterocycles. The van der Waals surface area contributed by atoms with Crippen LogP contribution in [0.2, 0.25) is 0 Å². The van der Waals surface area contributed by atoms with Crippen LogP contribution in [0.15, 0.2) is 48.6 Å². The molecule has 3 rings (SSSR count). The molecule has 10 N–H and O–H groups in total. The summed E-state index contributed by atoms with van der Waals surface area (Å²) in [5.74, 6) is 0.256. The number of hydrogen-bond donors (Lipinski definition) is 7. The third-order valence-electron chi connectivity index (χ3n) is 6.77. The Kier molecular flexibility index (Phi) is 13.5. The van der Waals surface area contributed by atoms with E-state index in [0.717, 1.165) is 6.42 Å². The fraction of sp³-hybridized carbons (Fsp3) is 0.394. The van der Waals surface area contributed by atoms with E-state index in [0.29, 0.717) is 78.1 Å². The van der Waals surface area contributed by atoms with Gasteiger partial charge in [-0.1, -0.05) is 24.3 Å². The number of primary amides is 2. The lowest BCUT2D eigenvalue weighted by Crippen LogP contribution is -2.33. The zero-order valence-electron chi connectivity index (χ0n) is 28.1. The molecule has 0 saturated carbocycles. The number of methoxy groups -OCH3 is 1. The number of carbonyl (C=O) groups is 3. The molecule has 48 heavy (non-hydrogen) atoms. The summed E-state index contributed by atoms with van der Waals surface area (Å²) in [5.41, 5.74) is 19.4. The van der Waals surface area contributed by atoms with Gasteiger partial charge >= 0.3 is 6.09 Å². The quantitative estimate of drug-likeness (QED) is 0.0594. The molecule has 260 valence electrons. The molecule has 3 amide bonds. The molecule has 3 aromatic rings. The normalized spacial score (nSPS) is 11.6. The van der Waals surface area contributed by atoms with Crippen molar-refractivity contribution in [3.05, 3.63) is 59.7 Å². The maximum absolute atomic E-state index is 11.9. The summed E-state index contributed by atoms with van der Waals surface area (Å²) in [6.45, 7) is 8.34. The molecule has 0 aliphatic heterocycles. The van der Waals surface area contributed by atoms with Crippen LogP contribution in [-0.4, -0.2) is 80.0 Å². The third kappa shape index (κ3) is 10.8. The Morgan fingerprint density at radius 3 is 2.29 bits per heavy atom. The van der Waals surface area contributed by atoms with E-state index in [1.54, 1.807) is 25.2 Å². The number of fused-ring (bicyclic) bond motifs is 1. The van der Waals surface area contributed by atoms with E-state index < -0.39 is 23.5 Å². The van der Waals surface area contributed by atoms with Gasteiger partial charge in [-0.3, -0.25) is 9.59 Å². The topological polar surface area (TPSA) is 223 Å². The van der Waals surface area contributed by atoms with Crippen LogP contribution >= 0.6 is 0 Å². The number of nitrogens with one attached hydrogen (secondary N) is 4. The minimum absolute atomic E-state index is 0.230. The lowest BCUT2D eigenvalue weighted by atomic mass is 10.1. The molecule has 0 atom stereocenters. The second kappa shape index (κ2) is 17.5. The van der Waals surface area contributed by atoms with Gasteiger partial charge in [0.05, 0.1) is 18.3 Å². The number of ether oxygens (including phenoxy) is 3. The molecule has 1 heterocycles. The number of alkyl carbamates (subject to hydrolysis) is 1. The molecule has 0 fully saturated rings. The van der Waals surface area contributed by atoms with Crippen molar-refractivity contribution >= 4 is 46.3 Å². The van der Waals surface area contributed by atoms with Crippen molar-refractivity contribution in [2.45, 2.75) is 39.3 Å². The second-order valence-corrected chi connectivity index (χ2v) is 11.6. The Hall–Kier alpha value is -5.44. The highest BCUT2D eigenvalue weighted by atomic mass is 16.6. The molecule has 2 aromatic carbocycles. The van der Waals surface area contributed by atoms with Crippen molar-refractivity contribution in [1.82, 2.24) is 20.2 Å². The number of rotatable bonds is 18. The first-order valence-electron chi connectivity index (χ1n) is 15.5. The van der Waals surface area contributed by atoms with Crippen molar-refractivity contribution in [1.29, 1.82) is 0 Å². The van der Waals surface area contributed by atoms with E-state index in [1.165, 1.54) is 13.2 Å². The molecule has 0 radical (unpaired) electrons. The molecule has 0 aliphatic carbocycles. The van der Waals surface area contributed by atoms with Gasteiger partial charge in [0.15, 0.2) is 0 Å². The molecule has 15 heteroatoms. The summed E-state index contributed by atoms with van der Waals surface area (Å²) < 4.78 is 18.6. The number of nitrogens with zero attached hydrogens (tertiary/aromatic N) is 2. The number of nitrogens with two attached hydrogens (primary N) is 3. The van der Waals surface area contributed by atoms with Gasteiger partial charge in [-0.2, -0.15) is 0 Å². The van der Waals surface area contributed by atoms with Crippen LogP contribution in [0.5, 0.6) is 11.5 Å². The highest BCUT2D eigenvalue weighted by molar-refractivity contribution is 5.99. The van der Waals surface area contributed by atoms with Gasteiger partial charge in [-0.25, -0.2) is 9.78 Å². The molecule has 0 spiro atoms. The molecule has 0 aliphatic rings. The zero-order valence-corrected chi connectivity index (χ0v) is 28.1. The average molecular weight is 666 g/mol. The lowest BCUT2D eigenvalue weighted by Gasteiger charge is -2.19. The predicted molar refractivity (Wildman–Crippen MR) is 188 cm³/mol. The Balaban J connectivity index is 1.56. The smallest absolute Gasteiger partial charge is 0.407 e. The van der Waals surface area contributed by atoms with Crippen molar-refractivity contribution in [3.8, 4) is 11.5 Å². The first kappa shape index (κ1) is 37.0. The molecule has 15 nitrogen and oxygen atoms in total. The zero-order chi connectivity index (χ0) is 35.3. The number of nitrogen functional groups attached to an aromatic ring is 1. The van der Waals surface area contributed by atoms with Gasteiger partial charge < -0.3 is 57.2 Å². The van der Waals surface area contributed by atoms with Crippen molar-refractivity contribution in [2.75, 3.05) is 63.3 Å². The summed E-state index contributed by atoms with van der Waals surface area (Å²) in [7, 11) is 3.28. The minimum Gasteiger partial charge on any atom is -0.494 e. The largest absolute Gasteiger partial charge is 0.494 e. The Morgan fingerprint density at radius 2 is 1.62 bits per heavy atom. The fourth-order valence-electron chi connectivity index (χ4n) is 4.60. The number of aromatic nitrogens is 2. The van der Waals surface area contributed by atoms with Crippen LogP contribution in [-0.2, 0) is 11.3 Å². The molecular weight excluding hydrogens is 618 g/mol. The second-order valence-electron chi connectivity index (χ2n) is 11.6. The lowest BCUT2D eigenvalue weighted by molar-refractivity contribution is 0.0527. The number of anilines is 3. The number of hydrogen-bond acceptors (Lipinski definition) is 11. The Bertz CT molecular complexity index is 1640. The van der Waals surface area contributed by atoms with Crippen LogP contribution < -0.4 is 47.9 Å². The van der Waals surface area contributed by atoms with Crippen LogP contribution in [0, 0.1) is 0 Å². The maximum atomic E-state index is 11.9. The highest BCUT2D eigenvalue weighted by Gasteiger charge is 2.18. The number of imidazole rings is 1. The first-order valence-corrected chi connectivity index (χ1v) is 15.5. The van der Waals surface area contributed by atoms with Crippen LogP contribution in [0.3, 0.4) is 0 Å². The summed E-state index contributed by atoms with van der Waals surface area (Å²) in [5, 5.41) is 12.3. The van der Waals surface area contributed by atoms with Gasteiger partial charge in [0, 0.05) is 44.4 Å². The minimum atomic E-state index is -0.620. The maximum Gasteiger partial charge on any atom is 0.407 e. The SMILES string of the molecule is CNc1nc2cc(C(N)=O)cc(OC)c2n1C/C=C/CNc1c(N)cc(C(N)=O)cc1OC/C=C/CNCCCNC(=O)OC(C)(C)C. The van der Waals surface area contributed by atoms with Gasteiger partial charge in [0.25, 0.3) is 0 Å². The van der Waals surface area contributed by atoms with E-state index in [-0.39, 0.29) is 12.2 Å². The summed E-state index contributed by atoms with van der Waals surface area (Å²) in [4.78, 5) is 39.9. The Labute approximate surface area is 280 Å². The van der Waals surface area contributed by atoms with Crippen molar-refractivity contribution in [3.63, 3.8) is 0 Å². The number of carbonyl (C=O) groups excluding carboxylic acids is 3. The molecular formula is C33H47N9O6. The summed E-state index contributed by atoms with van der Waals surface area (Å²) in [6, 6.07) is 6.28. The molecule has 0 bridgehead atoms. The first-order chi connectivity index (χ1) is 22.8. The number of allylic oxidation sites excluding steroid dienone is 1. The molecule has 0 saturated heterocycles. The number of amides is 3. The van der Waals surface area contributed by atoms with Crippen molar-refractivity contribution in [2.24, 2.45) is 11.5 Å². The van der Waals surface area contributed by atoms with E-state index >= 15 is 0 Å². The van der Waals surface area contributed by atoms with Gasteiger partial charge in [-0.15, -0.1) is 0 Å². The van der Waals surface area contributed by atoms with E-state index in [9.17, 15) is 14.4 Å². The fourth-order valence-corrected chi connectivity index (χ4v) is 4.60. The number of benzene rings is 2. The summed E-state index contributed by atoms with van der Waals surface area (Å²) in [6.07, 6.45) is 7.93. The average Bonchev–Trinajstić information content (AvgIpc) is 3.38. The molecule has 0 unspecified atom stereocenters. The van der Waals surface area contributed by atoms with E-state index in [1.807, 2.05) is 49.6 Å². The van der Waals surface area contributed by atoms with Crippen LogP contribution in [0.4, 0.5) is 22.1 Å². The van der Waals surface area contributed by atoms with Gasteiger partial charge in [-0.05, 0) is 58.0 Å². The van der Waals surface area contributed by atoms with Crippen LogP contribution in [0.1, 0.15) is 47.9 Å². The monoisotopic (exact) mass is 665 g/mol.